The van der Waals surface area contributed by atoms with Gasteiger partial charge in [0.25, 0.3) is 5.91 Å². The molecule has 35 heavy (non-hydrogen) atoms. The summed E-state index contributed by atoms with van der Waals surface area (Å²) >= 11 is 0. The number of nitrogens with zero attached hydrogens (tertiary/aromatic N) is 4. The van der Waals surface area contributed by atoms with Gasteiger partial charge in [0.1, 0.15) is 5.82 Å². The Morgan fingerprint density at radius 3 is 2.66 bits per heavy atom. The normalized spacial score (nSPS) is 14.3. The number of hydrogen-bond donors (Lipinski definition) is 3. The zero-order valence-corrected chi connectivity index (χ0v) is 19.0. The lowest BCUT2D eigenvalue weighted by atomic mass is 10.2. The molecular weight excluding hydrogens is 453 g/mol. The maximum Gasteiger partial charge on any atom is 0.279 e. The lowest BCUT2D eigenvalue weighted by Gasteiger charge is -2.35. The Kier molecular flexibility index (Phi) is 6.15. The van der Waals surface area contributed by atoms with Crippen LogP contribution in [0.5, 0.6) is 0 Å². The number of nitrogens with one attached hydrogen (secondary N) is 3. The molecule has 2 aromatic carbocycles. The minimum absolute atomic E-state index is 0.149. The van der Waals surface area contributed by atoms with Gasteiger partial charge in [-0.05, 0) is 30.3 Å². The molecule has 11 heteroatoms. The van der Waals surface area contributed by atoms with Crippen LogP contribution in [0.2, 0.25) is 0 Å². The number of amides is 2. The summed E-state index contributed by atoms with van der Waals surface area (Å²) in [6, 6.07) is 13.6. The van der Waals surface area contributed by atoms with E-state index < -0.39 is 5.91 Å². The first-order valence-electron chi connectivity index (χ1n) is 11.2. The second kappa shape index (κ2) is 9.55. The summed E-state index contributed by atoms with van der Waals surface area (Å²) in [6.07, 6.45) is 0. The third-order valence-electron chi connectivity index (χ3n) is 5.85. The number of hydrogen-bond acceptors (Lipinski definition) is 7. The molecule has 0 radical (unpaired) electrons. The molecular formula is C24H24FN7O3. The Labute approximate surface area is 200 Å². The van der Waals surface area contributed by atoms with Gasteiger partial charge in [-0.15, -0.1) is 0 Å². The lowest BCUT2D eigenvalue weighted by Crippen LogP contribution is -2.46. The van der Waals surface area contributed by atoms with Crippen molar-refractivity contribution in [2.24, 2.45) is 0 Å². The molecule has 0 saturated carbocycles. The largest absolute Gasteiger partial charge is 0.367 e. The van der Waals surface area contributed by atoms with E-state index in [0.29, 0.717) is 53.5 Å². The van der Waals surface area contributed by atoms with Crippen molar-refractivity contribution in [3.63, 3.8) is 0 Å². The Morgan fingerprint density at radius 1 is 1.09 bits per heavy atom. The fraction of sp³-hybridized carbons (Fsp3) is 0.250. The molecule has 0 spiro atoms. The minimum atomic E-state index is -0.441. The van der Waals surface area contributed by atoms with Crippen molar-refractivity contribution in [2.75, 3.05) is 41.7 Å². The number of rotatable bonds is 6. The van der Waals surface area contributed by atoms with Gasteiger partial charge >= 0.3 is 0 Å². The number of benzene rings is 2. The lowest BCUT2D eigenvalue weighted by molar-refractivity contribution is -0.114. The Morgan fingerprint density at radius 2 is 1.89 bits per heavy atom. The number of aromatic nitrogens is 3. The first kappa shape index (κ1) is 22.5. The van der Waals surface area contributed by atoms with E-state index in [4.69, 9.17) is 4.52 Å². The Bertz CT molecular complexity index is 1370. The predicted molar refractivity (Wildman–Crippen MR) is 129 cm³/mol. The van der Waals surface area contributed by atoms with Gasteiger partial charge in [0.05, 0.1) is 17.7 Å². The smallest absolute Gasteiger partial charge is 0.279 e. The van der Waals surface area contributed by atoms with E-state index in [1.807, 2.05) is 11.0 Å². The third kappa shape index (κ3) is 4.99. The van der Waals surface area contributed by atoms with Crippen LogP contribution < -0.4 is 15.5 Å². The highest BCUT2D eigenvalue weighted by Gasteiger charge is 2.22. The van der Waals surface area contributed by atoms with Crippen LogP contribution in [0.4, 0.5) is 21.6 Å². The highest BCUT2D eigenvalue weighted by Crippen LogP contribution is 2.24. The molecule has 180 valence electrons. The van der Waals surface area contributed by atoms with Crippen LogP contribution in [0.25, 0.3) is 10.9 Å². The van der Waals surface area contributed by atoms with Crippen molar-refractivity contribution >= 4 is 39.9 Å². The zero-order chi connectivity index (χ0) is 24.4. The Balaban J connectivity index is 1.18. The van der Waals surface area contributed by atoms with Crippen molar-refractivity contribution in [3.05, 3.63) is 65.8 Å². The molecule has 2 aromatic heterocycles. The van der Waals surface area contributed by atoms with Gasteiger partial charge in [-0.1, -0.05) is 17.3 Å². The summed E-state index contributed by atoms with van der Waals surface area (Å²) in [5.41, 5.74) is 2.06. The summed E-state index contributed by atoms with van der Waals surface area (Å²) < 4.78 is 19.4. The number of carbonyl (C=O) groups excluding carboxylic acids is 2. The molecule has 10 nitrogen and oxygen atoms in total. The van der Waals surface area contributed by atoms with Gasteiger partial charge < -0.3 is 20.1 Å². The van der Waals surface area contributed by atoms with E-state index >= 15 is 0 Å². The van der Waals surface area contributed by atoms with E-state index in [9.17, 15) is 14.0 Å². The van der Waals surface area contributed by atoms with Crippen molar-refractivity contribution in [1.82, 2.24) is 20.3 Å². The van der Waals surface area contributed by atoms with Crippen LogP contribution >= 0.6 is 0 Å². The number of para-hydroxylation sites is 1. The molecule has 0 atom stereocenters. The summed E-state index contributed by atoms with van der Waals surface area (Å²) in [4.78, 5) is 28.1. The topological polar surface area (TPSA) is 119 Å². The molecule has 1 aliphatic rings. The van der Waals surface area contributed by atoms with Gasteiger partial charge in [0.15, 0.2) is 17.3 Å². The van der Waals surface area contributed by atoms with Gasteiger partial charge in [-0.2, -0.15) is 5.10 Å². The van der Waals surface area contributed by atoms with Gasteiger partial charge in [-0.3, -0.25) is 19.6 Å². The van der Waals surface area contributed by atoms with Crippen LogP contribution in [0.1, 0.15) is 23.2 Å². The van der Waals surface area contributed by atoms with Crippen molar-refractivity contribution in [3.8, 4) is 0 Å². The molecule has 4 aromatic rings. The molecule has 1 saturated heterocycles. The van der Waals surface area contributed by atoms with Crippen LogP contribution in [0.15, 0.2) is 53.1 Å². The van der Waals surface area contributed by atoms with E-state index in [1.165, 1.54) is 13.0 Å². The molecule has 1 fully saturated rings. The molecule has 3 N–H and O–H groups in total. The molecule has 3 heterocycles. The summed E-state index contributed by atoms with van der Waals surface area (Å²) in [5.74, 6) is 0.0918. The number of fused-ring (bicyclic) bond motifs is 1. The maximum atomic E-state index is 14.0. The second-order valence-corrected chi connectivity index (χ2v) is 8.36. The summed E-state index contributed by atoms with van der Waals surface area (Å²) in [5, 5.41) is 17.0. The number of halogens is 1. The fourth-order valence-electron chi connectivity index (χ4n) is 4.14. The third-order valence-corrected chi connectivity index (χ3v) is 5.85. The minimum Gasteiger partial charge on any atom is -0.367 e. The van der Waals surface area contributed by atoms with Crippen molar-refractivity contribution in [2.45, 2.75) is 13.5 Å². The standard InChI is InChI=1S/C24H24FN7O3/c1-15(33)26-16-6-7-18-20(12-16)28-29-23(18)27-24(34)21-13-17(35-30-21)14-31-8-10-32(11-9-31)22-5-3-2-4-19(22)25/h2-7,12-13H,8-11,14H2,1H3,(H,26,33)(H2,27,28,29,34). The highest BCUT2D eigenvalue weighted by atomic mass is 19.1. The Hall–Kier alpha value is -4.25. The van der Waals surface area contributed by atoms with Gasteiger partial charge in [-0.25, -0.2) is 4.39 Å². The van der Waals surface area contributed by atoms with Crippen LogP contribution in [-0.2, 0) is 11.3 Å². The molecule has 0 aliphatic carbocycles. The quantitative estimate of drug-likeness (QED) is 0.390. The van der Waals surface area contributed by atoms with Crippen molar-refractivity contribution < 1.29 is 18.5 Å². The monoisotopic (exact) mass is 477 g/mol. The van der Waals surface area contributed by atoms with Gasteiger partial charge in [0.2, 0.25) is 5.91 Å². The van der Waals surface area contributed by atoms with Gasteiger partial charge in [0, 0.05) is 50.2 Å². The predicted octanol–water partition coefficient (Wildman–Crippen LogP) is 3.22. The number of H-pyrrole nitrogens is 1. The zero-order valence-electron chi connectivity index (χ0n) is 19.0. The molecule has 2 amide bonds. The van der Waals surface area contributed by atoms with E-state index in [0.717, 1.165) is 13.1 Å². The van der Waals surface area contributed by atoms with Crippen LogP contribution in [0, 0.1) is 5.82 Å². The van der Waals surface area contributed by atoms with Crippen molar-refractivity contribution in [1.29, 1.82) is 0 Å². The first-order chi connectivity index (χ1) is 17.0. The maximum absolute atomic E-state index is 14.0. The first-order valence-corrected chi connectivity index (χ1v) is 11.2. The molecule has 0 unspecified atom stereocenters. The average Bonchev–Trinajstić information content (AvgIpc) is 3.47. The molecule has 1 aliphatic heterocycles. The number of aromatic amines is 1. The van der Waals surface area contributed by atoms with E-state index in [1.54, 1.807) is 36.4 Å². The molecule has 0 bridgehead atoms. The summed E-state index contributed by atoms with van der Waals surface area (Å²) in [6.45, 7) is 4.78. The fourth-order valence-corrected chi connectivity index (χ4v) is 4.14. The SMILES string of the molecule is CC(=O)Nc1ccc2c(NC(=O)c3cc(CN4CCN(c5ccccc5F)CC4)on3)n[nH]c2c1. The van der Waals surface area contributed by atoms with Crippen LogP contribution in [-0.4, -0.2) is 58.2 Å². The van der Waals surface area contributed by atoms with E-state index in [-0.39, 0.29) is 17.4 Å². The average molecular weight is 478 g/mol. The highest BCUT2D eigenvalue weighted by molar-refractivity contribution is 6.07. The number of carbonyl (C=O) groups is 2. The molecule has 5 rings (SSSR count). The second-order valence-electron chi connectivity index (χ2n) is 8.36. The van der Waals surface area contributed by atoms with Crippen LogP contribution in [0.3, 0.4) is 0 Å². The van der Waals surface area contributed by atoms with E-state index in [2.05, 4.69) is 30.9 Å². The number of piperazine rings is 1. The summed E-state index contributed by atoms with van der Waals surface area (Å²) in [7, 11) is 0. The number of anilines is 3.